The SMILES string of the molecule is C[C@]12CCC(=O)N[C@@H]1CC[C@@H]1[C@@H]2CC[C@]2(C)[C@@H](C(=O)Nc3ccc(C(=O)O)cc3)CC[C@@H]12. The van der Waals surface area contributed by atoms with Gasteiger partial charge in [0, 0.05) is 24.1 Å². The van der Waals surface area contributed by atoms with E-state index in [1.165, 1.54) is 12.1 Å². The molecule has 6 heteroatoms. The second-order valence-electron chi connectivity index (χ2n) is 11.1. The number of aromatic carboxylic acids is 1. The van der Waals surface area contributed by atoms with E-state index in [1.807, 2.05) is 0 Å². The third-order valence-corrected chi connectivity index (χ3v) is 9.81. The van der Waals surface area contributed by atoms with Crippen LogP contribution in [0.5, 0.6) is 0 Å². The first-order valence-corrected chi connectivity index (χ1v) is 12.2. The average molecular weight is 439 g/mol. The van der Waals surface area contributed by atoms with Crippen LogP contribution in [0.3, 0.4) is 0 Å². The Hall–Kier alpha value is -2.37. The molecule has 4 aliphatic rings. The van der Waals surface area contributed by atoms with E-state index >= 15 is 0 Å². The Kier molecular flexibility index (Phi) is 5.10. The zero-order valence-electron chi connectivity index (χ0n) is 19.0. The number of hydrogen-bond acceptors (Lipinski definition) is 3. The van der Waals surface area contributed by atoms with E-state index in [1.54, 1.807) is 12.1 Å². The second-order valence-corrected chi connectivity index (χ2v) is 11.1. The number of carboxylic acids is 1. The standard InChI is InChI=1S/C26H34N2O4/c1-25-13-11-19-17(7-10-21-26(19,2)14-12-22(29)28-21)18(25)8-9-20(25)23(30)27-16-5-3-15(4-6-16)24(31)32/h3-6,17-21H,7-14H2,1-2H3,(H,27,30)(H,28,29)(H,31,32)/t17-,18-,19-,20+,21+,25-,26+/m0/s1. The molecule has 172 valence electrons. The maximum atomic E-state index is 13.3. The highest BCUT2D eigenvalue weighted by molar-refractivity contribution is 5.94. The van der Waals surface area contributed by atoms with Crippen molar-refractivity contribution < 1.29 is 19.5 Å². The molecule has 0 aromatic heterocycles. The molecule has 0 radical (unpaired) electrons. The van der Waals surface area contributed by atoms with Crippen molar-refractivity contribution in [3.05, 3.63) is 29.8 Å². The monoisotopic (exact) mass is 438 g/mol. The summed E-state index contributed by atoms with van der Waals surface area (Å²) >= 11 is 0. The highest BCUT2D eigenvalue weighted by Gasteiger charge is 2.61. The van der Waals surface area contributed by atoms with Crippen LogP contribution in [-0.4, -0.2) is 28.9 Å². The van der Waals surface area contributed by atoms with Crippen molar-refractivity contribution in [3.63, 3.8) is 0 Å². The number of hydrogen-bond donors (Lipinski definition) is 3. The number of benzene rings is 1. The summed E-state index contributed by atoms with van der Waals surface area (Å²) in [6, 6.07) is 6.72. The molecule has 3 aliphatic carbocycles. The van der Waals surface area contributed by atoms with Gasteiger partial charge in [0.1, 0.15) is 0 Å². The summed E-state index contributed by atoms with van der Waals surface area (Å²) in [5.41, 5.74) is 1.07. The molecule has 0 bridgehead atoms. The Morgan fingerprint density at radius 3 is 2.41 bits per heavy atom. The molecule has 7 atom stereocenters. The van der Waals surface area contributed by atoms with Gasteiger partial charge in [-0.2, -0.15) is 0 Å². The zero-order valence-corrected chi connectivity index (χ0v) is 19.0. The number of carbonyl (C=O) groups is 3. The Morgan fingerprint density at radius 1 is 0.969 bits per heavy atom. The van der Waals surface area contributed by atoms with Crippen molar-refractivity contribution >= 4 is 23.5 Å². The summed E-state index contributed by atoms with van der Waals surface area (Å²) in [6.45, 7) is 4.73. The normalized spacial score (nSPS) is 40.4. The molecule has 0 spiro atoms. The summed E-state index contributed by atoms with van der Waals surface area (Å²) < 4.78 is 0. The van der Waals surface area contributed by atoms with Gasteiger partial charge in [-0.3, -0.25) is 9.59 Å². The van der Waals surface area contributed by atoms with Crippen LogP contribution in [0.2, 0.25) is 0 Å². The smallest absolute Gasteiger partial charge is 0.335 e. The fourth-order valence-corrected chi connectivity index (χ4v) is 8.06. The lowest BCUT2D eigenvalue weighted by molar-refractivity contribution is -0.140. The van der Waals surface area contributed by atoms with Crippen molar-refractivity contribution in [1.29, 1.82) is 0 Å². The van der Waals surface area contributed by atoms with E-state index < -0.39 is 5.97 Å². The molecule has 2 amide bonds. The van der Waals surface area contributed by atoms with E-state index in [9.17, 15) is 14.4 Å². The van der Waals surface area contributed by atoms with Gasteiger partial charge in [0.25, 0.3) is 0 Å². The maximum absolute atomic E-state index is 13.3. The Labute approximate surface area is 189 Å². The molecule has 32 heavy (non-hydrogen) atoms. The van der Waals surface area contributed by atoms with Crippen LogP contribution < -0.4 is 10.6 Å². The fraction of sp³-hybridized carbons (Fsp3) is 0.654. The van der Waals surface area contributed by atoms with Crippen molar-refractivity contribution in [2.45, 2.75) is 71.3 Å². The lowest BCUT2D eigenvalue weighted by Crippen LogP contribution is -2.61. The molecule has 1 heterocycles. The Balaban J connectivity index is 1.32. The third kappa shape index (κ3) is 3.25. The highest BCUT2D eigenvalue weighted by atomic mass is 16.4. The molecule has 1 saturated heterocycles. The molecular formula is C26H34N2O4. The molecular weight excluding hydrogens is 404 g/mol. The number of carbonyl (C=O) groups excluding carboxylic acids is 2. The quantitative estimate of drug-likeness (QED) is 0.649. The van der Waals surface area contributed by atoms with Gasteiger partial charge in [0.2, 0.25) is 11.8 Å². The van der Waals surface area contributed by atoms with Gasteiger partial charge in [-0.15, -0.1) is 0 Å². The first-order chi connectivity index (χ1) is 15.2. The van der Waals surface area contributed by atoms with Crippen LogP contribution in [0.25, 0.3) is 0 Å². The number of carboxylic acid groups (broad SMARTS) is 1. The van der Waals surface area contributed by atoms with Crippen LogP contribution in [0, 0.1) is 34.5 Å². The Morgan fingerprint density at radius 2 is 1.69 bits per heavy atom. The molecule has 1 aliphatic heterocycles. The van der Waals surface area contributed by atoms with Crippen molar-refractivity contribution in [1.82, 2.24) is 5.32 Å². The lowest BCUT2D eigenvalue weighted by Gasteiger charge is -2.60. The molecule has 1 aromatic carbocycles. The molecule has 4 fully saturated rings. The molecule has 5 rings (SSSR count). The van der Waals surface area contributed by atoms with Gasteiger partial charge in [0.05, 0.1) is 5.56 Å². The summed E-state index contributed by atoms with van der Waals surface area (Å²) in [5.74, 6) is 1.13. The van der Waals surface area contributed by atoms with Crippen LogP contribution in [0.15, 0.2) is 24.3 Å². The van der Waals surface area contributed by atoms with Gasteiger partial charge >= 0.3 is 5.97 Å². The largest absolute Gasteiger partial charge is 0.478 e. The van der Waals surface area contributed by atoms with Crippen molar-refractivity contribution in [2.24, 2.45) is 34.5 Å². The lowest BCUT2D eigenvalue weighted by atomic mass is 9.47. The minimum Gasteiger partial charge on any atom is -0.478 e. The van der Waals surface area contributed by atoms with Crippen molar-refractivity contribution in [3.8, 4) is 0 Å². The van der Waals surface area contributed by atoms with E-state index in [0.29, 0.717) is 35.9 Å². The molecule has 3 N–H and O–H groups in total. The predicted octanol–water partition coefficient (Wildman–Crippen LogP) is 4.46. The van der Waals surface area contributed by atoms with E-state index in [4.69, 9.17) is 5.11 Å². The minimum atomic E-state index is -0.966. The van der Waals surface area contributed by atoms with Gasteiger partial charge in [-0.25, -0.2) is 4.79 Å². The minimum absolute atomic E-state index is 0.00731. The van der Waals surface area contributed by atoms with E-state index in [-0.39, 0.29) is 34.1 Å². The summed E-state index contributed by atoms with van der Waals surface area (Å²) in [5, 5.41) is 15.4. The number of rotatable bonds is 3. The summed E-state index contributed by atoms with van der Waals surface area (Å²) in [6.07, 6.45) is 8.05. The van der Waals surface area contributed by atoms with Gasteiger partial charge in [-0.1, -0.05) is 13.8 Å². The van der Waals surface area contributed by atoms with Gasteiger partial charge in [-0.05, 0) is 97.8 Å². The van der Waals surface area contributed by atoms with Gasteiger partial charge < -0.3 is 15.7 Å². The van der Waals surface area contributed by atoms with Crippen LogP contribution in [-0.2, 0) is 9.59 Å². The number of fused-ring (bicyclic) bond motifs is 5. The van der Waals surface area contributed by atoms with Crippen LogP contribution >= 0.6 is 0 Å². The predicted molar refractivity (Wildman–Crippen MR) is 121 cm³/mol. The fourth-order valence-electron chi connectivity index (χ4n) is 8.06. The topological polar surface area (TPSA) is 95.5 Å². The first-order valence-electron chi connectivity index (χ1n) is 12.2. The van der Waals surface area contributed by atoms with Crippen LogP contribution in [0.1, 0.15) is 75.6 Å². The molecule has 0 unspecified atom stereocenters. The van der Waals surface area contributed by atoms with Crippen LogP contribution in [0.4, 0.5) is 5.69 Å². The molecule has 1 aromatic rings. The number of nitrogens with one attached hydrogen (secondary N) is 2. The number of anilines is 1. The third-order valence-electron chi connectivity index (χ3n) is 9.81. The second kappa shape index (κ2) is 7.60. The maximum Gasteiger partial charge on any atom is 0.335 e. The number of amides is 2. The van der Waals surface area contributed by atoms with E-state index in [0.717, 1.165) is 44.9 Å². The highest BCUT2D eigenvalue weighted by Crippen LogP contribution is 2.65. The molecule has 6 nitrogen and oxygen atoms in total. The van der Waals surface area contributed by atoms with Crippen molar-refractivity contribution in [2.75, 3.05) is 5.32 Å². The Bertz CT molecular complexity index is 944. The first kappa shape index (κ1) is 21.5. The zero-order chi connectivity index (χ0) is 22.7. The molecule has 3 saturated carbocycles. The summed E-state index contributed by atoms with van der Waals surface area (Å²) in [7, 11) is 0. The van der Waals surface area contributed by atoms with E-state index in [2.05, 4.69) is 24.5 Å². The average Bonchev–Trinajstić information content (AvgIpc) is 3.12. The number of piperidine rings is 1. The van der Waals surface area contributed by atoms with Gasteiger partial charge in [0.15, 0.2) is 0 Å². The summed E-state index contributed by atoms with van der Waals surface area (Å²) in [4.78, 5) is 36.4.